The van der Waals surface area contributed by atoms with Crippen molar-refractivity contribution in [3.8, 4) is 0 Å². The van der Waals surface area contributed by atoms with Crippen molar-refractivity contribution in [1.29, 1.82) is 0 Å². The minimum atomic E-state index is -1.12. The van der Waals surface area contributed by atoms with Crippen LogP contribution < -0.4 is 10.6 Å². The standard InChI is InChI=1S/C12H14N4O3S/c1-6-3-8(10(15-6)11(17)18)16-12(19)13-4-9-7(2)14-5-20-9/h3,5,15H,4H2,1-2H3,(H,17,18)(H2,13,16,19). The molecule has 8 heteroatoms. The number of carbonyl (C=O) groups excluding carboxylic acids is 1. The lowest BCUT2D eigenvalue weighted by atomic mass is 10.3. The fraction of sp³-hybridized carbons (Fsp3) is 0.250. The average Bonchev–Trinajstić information content (AvgIpc) is 2.93. The number of aromatic carboxylic acids is 1. The van der Waals surface area contributed by atoms with Gasteiger partial charge in [0.1, 0.15) is 5.69 Å². The van der Waals surface area contributed by atoms with Crippen LogP contribution >= 0.6 is 11.3 Å². The van der Waals surface area contributed by atoms with Gasteiger partial charge in [-0.05, 0) is 19.9 Å². The largest absolute Gasteiger partial charge is 0.477 e. The van der Waals surface area contributed by atoms with Crippen molar-refractivity contribution in [2.24, 2.45) is 0 Å². The highest BCUT2D eigenvalue weighted by atomic mass is 32.1. The summed E-state index contributed by atoms with van der Waals surface area (Å²) in [5.41, 5.74) is 3.46. The van der Waals surface area contributed by atoms with Gasteiger partial charge in [-0.3, -0.25) is 0 Å². The van der Waals surface area contributed by atoms with Gasteiger partial charge in [-0.15, -0.1) is 11.3 Å². The second-order valence-corrected chi connectivity index (χ2v) is 5.15. The highest BCUT2D eigenvalue weighted by Crippen LogP contribution is 2.17. The summed E-state index contributed by atoms with van der Waals surface area (Å²) >= 11 is 1.46. The number of carboxylic acid groups (broad SMARTS) is 1. The highest BCUT2D eigenvalue weighted by molar-refractivity contribution is 7.09. The van der Waals surface area contributed by atoms with E-state index in [1.54, 1.807) is 18.5 Å². The number of aromatic nitrogens is 2. The summed E-state index contributed by atoms with van der Waals surface area (Å²) in [5.74, 6) is -1.12. The first-order chi connectivity index (χ1) is 9.47. The predicted octanol–water partition coefficient (Wildman–Crippen LogP) is 2.11. The van der Waals surface area contributed by atoms with Crippen LogP contribution in [0, 0.1) is 13.8 Å². The molecule has 7 nitrogen and oxygen atoms in total. The quantitative estimate of drug-likeness (QED) is 0.692. The molecule has 0 saturated carbocycles. The van der Waals surface area contributed by atoms with Gasteiger partial charge in [0.2, 0.25) is 0 Å². The number of nitrogens with zero attached hydrogens (tertiary/aromatic N) is 1. The van der Waals surface area contributed by atoms with Crippen LogP contribution in [0.3, 0.4) is 0 Å². The molecule has 0 atom stereocenters. The van der Waals surface area contributed by atoms with Gasteiger partial charge < -0.3 is 20.7 Å². The molecule has 106 valence electrons. The predicted molar refractivity (Wildman–Crippen MR) is 75.2 cm³/mol. The Balaban J connectivity index is 1.98. The summed E-state index contributed by atoms with van der Waals surface area (Å²) < 4.78 is 0. The van der Waals surface area contributed by atoms with E-state index in [2.05, 4.69) is 20.6 Å². The molecular formula is C12H14N4O3S. The summed E-state index contributed by atoms with van der Waals surface area (Å²) in [6.45, 7) is 3.94. The number of thiazole rings is 1. The Morgan fingerprint density at radius 3 is 2.80 bits per heavy atom. The van der Waals surface area contributed by atoms with Gasteiger partial charge in [0.15, 0.2) is 0 Å². The lowest BCUT2D eigenvalue weighted by molar-refractivity contribution is 0.0692. The Morgan fingerprint density at radius 2 is 2.20 bits per heavy atom. The highest BCUT2D eigenvalue weighted by Gasteiger charge is 2.15. The summed E-state index contributed by atoms with van der Waals surface area (Å²) in [6.07, 6.45) is 0. The molecule has 0 spiro atoms. The van der Waals surface area contributed by atoms with Crippen molar-refractivity contribution in [2.45, 2.75) is 20.4 Å². The second-order valence-electron chi connectivity index (χ2n) is 4.21. The van der Waals surface area contributed by atoms with E-state index < -0.39 is 12.0 Å². The minimum absolute atomic E-state index is 0.0355. The summed E-state index contributed by atoms with van der Waals surface area (Å²) in [6, 6.07) is 1.11. The van der Waals surface area contributed by atoms with Crippen LogP contribution in [0.15, 0.2) is 11.6 Å². The Morgan fingerprint density at radius 1 is 1.45 bits per heavy atom. The fourth-order valence-electron chi connectivity index (χ4n) is 1.68. The molecule has 20 heavy (non-hydrogen) atoms. The van der Waals surface area contributed by atoms with E-state index in [1.807, 2.05) is 6.92 Å². The molecule has 2 aromatic heterocycles. The molecule has 0 saturated heterocycles. The smallest absolute Gasteiger partial charge is 0.354 e. The summed E-state index contributed by atoms with van der Waals surface area (Å²) in [5, 5.41) is 14.2. The Hall–Kier alpha value is -2.35. The molecule has 2 heterocycles. The molecule has 4 N–H and O–H groups in total. The number of hydrogen-bond acceptors (Lipinski definition) is 4. The molecule has 0 radical (unpaired) electrons. The van der Waals surface area contributed by atoms with Crippen LogP contribution in [0.1, 0.15) is 26.8 Å². The van der Waals surface area contributed by atoms with Gasteiger partial charge >= 0.3 is 12.0 Å². The van der Waals surface area contributed by atoms with Gasteiger partial charge in [-0.1, -0.05) is 0 Å². The number of hydrogen-bond donors (Lipinski definition) is 4. The first-order valence-electron chi connectivity index (χ1n) is 5.84. The number of urea groups is 1. The number of aryl methyl sites for hydroxylation is 2. The SMILES string of the molecule is Cc1cc(NC(=O)NCc2scnc2C)c(C(=O)O)[nH]1. The number of carboxylic acids is 1. The zero-order chi connectivity index (χ0) is 14.7. The molecule has 0 unspecified atom stereocenters. The Kier molecular flexibility index (Phi) is 4.04. The zero-order valence-corrected chi connectivity index (χ0v) is 11.8. The van der Waals surface area contributed by atoms with Crippen LogP contribution in [0.5, 0.6) is 0 Å². The molecular weight excluding hydrogens is 280 g/mol. The third-order valence-corrected chi connectivity index (χ3v) is 3.60. The number of carbonyl (C=O) groups is 2. The van der Waals surface area contributed by atoms with E-state index in [0.717, 1.165) is 10.6 Å². The van der Waals surface area contributed by atoms with Gasteiger partial charge in [0, 0.05) is 10.6 Å². The first-order valence-corrected chi connectivity index (χ1v) is 6.72. The van der Waals surface area contributed by atoms with Crippen molar-refractivity contribution < 1.29 is 14.7 Å². The maximum absolute atomic E-state index is 11.8. The maximum Gasteiger partial charge on any atom is 0.354 e. The number of aromatic amines is 1. The van der Waals surface area contributed by atoms with Crippen molar-refractivity contribution >= 4 is 29.0 Å². The first kappa shape index (κ1) is 14.1. The van der Waals surface area contributed by atoms with E-state index >= 15 is 0 Å². The number of anilines is 1. The van der Waals surface area contributed by atoms with Gasteiger partial charge in [0.05, 0.1) is 23.4 Å². The van der Waals surface area contributed by atoms with E-state index in [4.69, 9.17) is 5.11 Å². The van der Waals surface area contributed by atoms with E-state index in [0.29, 0.717) is 12.2 Å². The van der Waals surface area contributed by atoms with Crippen molar-refractivity contribution in [1.82, 2.24) is 15.3 Å². The van der Waals surface area contributed by atoms with Gasteiger partial charge in [0.25, 0.3) is 0 Å². The number of H-pyrrole nitrogens is 1. The molecule has 2 amide bonds. The fourth-order valence-corrected chi connectivity index (χ4v) is 2.40. The second kappa shape index (κ2) is 5.74. The number of nitrogens with one attached hydrogen (secondary N) is 3. The number of amides is 2. The molecule has 0 aliphatic rings. The average molecular weight is 294 g/mol. The van der Waals surface area contributed by atoms with Crippen LogP contribution in [-0.4, -0.2) is 27.1 Å². The van der Waals surface area contributed by atoms with E-state index in [1.165, 1.54) is 11.3 Å². The third kappa shape index (κ3) is 3.15. The molecule has 0 aliphatic heterocycles. The van der Waals surface area contributed by atoms with Crippen molar-refractivity contribution in [3.63, 3.8) is 0 Å². The molecule has 0 aliphatic carbocycles. The molecule has 0 bridgehead atoms. The van der Waals surface area contributed by atoms with Crippen molar-refractivity contribution in [3.05, 3.63) is 33.5 Å². The monoisotopic (exact) mass is 294 g/mol. The van der Waals surface area contributed by atoms with Crippen LogP contribution in [-0.2, 0) is 6.54 Å². The Labute approximate surface area is 119 Å². The van der Waals surface area contributed by atoms with E-state index in [9.17, 15) is 9.59 Å². The van der Waals surface area contributed by atoms with Crippen molar-refractivity contribution in [2.75, 3.05) is 5.32 Å². The normalized spacial score (nSPS) is 10.3. The van der Waals surface area contributed by atoms with Gasteiger partial charge in [-0.25, -0.2) is 14.6 Å². The van der Waals surface area contributed by atoms with Crippen LogP contribution in [0.4, 0.5) is 10.5 Å². The van der Waals surface area contributed by atoms with E-state index in [-0.39, 0.29) is 11.4 Å². The maximum atomic E-state index is 11.8. The zero-order valence-electron chi connectivity index (χ0n) is 11.0. The van der Waals surface area contributed by atoms with Crippen LogP contribution in [0.25, 0.3) is 0 Å². The Bertz CT molecular complexity index is 647. The lowest BCUT2D eigenvalue weighted by Gasteiger charge is -2.06. The lowest BCUT2D eigenvalue weighted by Crippen LogP contribution is -2.28. The third-order valence-electron chi connectivity index (χ3n) is 2.67. The molecule has 2 rings (SSSR count). The summed E-state index contributed by atoms with van der Waals surface area (Å²) in [4.78, 5) is 30.5. The summed E-state index contributed by atoms with van der Waals surface area (Å²) in [7, 11) is 0. The minimum Gasteiger partial charge on any atom is -0.477 e. The topological polar surface area (TPSA) is 107 Å². The molecule has 0 fully saturated rings. The van der Waals surface area contributed by atoms with Crippen LogP contribution in [0.2, 0.25) is 0 Å². The van der Waals surface area contributed by atoms with Gasteiger partial charge in [-0.2, -0.15) is 0 Å². The molecule has 0 aromatic carbocycles. The molecule has 2 aromatic rings. The number of rotatable bonds is 4.